The lowest BCUT2D eigenvalue weighted by Gasteiger charge is -2.08. The molecule has 4 heteroatoms. The third-order valence-corrected chi connectivity index (χ3v) is 2.15. The molecule has 74 valence electrons. The Kier molecular flexibility index (Phi) is 3.89. The number of hydrogen-bond donors (Lipinski definition) is 1. The van der Waals surface area contributed by atoms with Crippen molar-refractivity contribution in [3.63, 3.8) is 0 Å². The molecule has 1 atom stereocenters. The summed E-state index contributed by atoms with van der Waals surface area (Å²) in [4.78, 5) is 0. The van der Waals surface area contributed by atoms with Gasteiger partial charge in [0.05, 0.1) is 5.69 Å². The topological polar surface area (TPSA) is 42.7 Å². The van der Waals surface area contributed by atoms with E-state index in [-0.39, 0.29) is 0 Å². The van der Waals surface area contributed by atoms with Crippen LogP contribution >= 0.6 is 0 Å². The van der Waals surface area contributed by atoms with Crippen LogP contribution in [0.2, 0.25) is 0 Å². The summed E-state index contributed by atoms with van der Waals surface area (Å²) in [6.45, 7) is 8.09. The summed E-state index contributed by atoms with van der Waals surface area (Å²) in [6.07, 6.45) is 3.12. The van der Waals surface area contributed by atoms with Crippen molar-refractivity contribution >= 4 is 0 Å². The predicted octanol–water partition coefficient (Wildman–Crippen LogP) is 1.19. The van der Waals surface area contributed by atoms with Crippen molar-refractivity contribution in [3.05, 3.63) is 11.9 Å². The van der Waals surface area contributed by atoms with Crippen molar-refractivity contribution in [1.82, 2.24) is 20.3 Å². The van der Waals surface area contributed by atoms with Gasteiger partial charge in [-0.15, -0.1) is 5.10 Å². The van der Waals surface area contributed by atoms with Gasteiger partial charge in [0, 0.05) is 25.3 Å². The Balaban J connectivity index is 2.36. The van der Waals surface area contributed by atoms with Gasteiger partial charge in [0.15, 0.2) is 0 Å². The van der Waals surface area contributed by atoms with E-state index in [2.05, 4.69) is 36.4 Å². The van der Waals surface area contributed by atoms with Crippen LogP contribution in [0.5, 0.6) is 0 Å². The first-order valence-electron chi connectivity index (χ1n) is 4.88. The van der Waals surface area contributed by atoms with Gasteiger partial charge in [-0.05, 0) is 20.3 Å². The van der Waals surface area contributed by atoms with Gasteiger partial charge in [-0.1, -0.05) is 12.1 Å². The number of rotatable bonds is 5. The van der Waals surface area contributed by atoms with Crippen LogP contribution in [-0.4, -0.2) is 21.0 Å². The summed E-state index contributed by atoms with van der Waals surface area (Å²) in [6, 6.07) is 0.548. The number of aromatic nitrogens is 3. The Bertz CT molecular complexity index is 244. The minimum Gasteiger partial charge on any atom is -0.309 e. The SMILES string of the molecule is CCC(C)NCc1cn(CC)nn1. The fraction of sp³-hybridized carbons (Fsp3) is 0.778. The Morgan fingerprint density at radius 3 is 2.85 bits per heavy atom. The monoisotopic (exact) mass is 182 g/mol. The fourth-order valence-corrected chi connectivity index (χ4v) is 0.997. The molecule has 1 unspecified atom stereocenters. The first-order valence-corrected chi connectivity index (χ1v) is 4.88. The molecular weight excluding hydrogens is 164 g/mol. The van der Waals surface area contributed by atoms with Gasteiger partial charge >= 0.3 is 0 Å². The highest BCUT2D eigenvalue weighted by molar-refractivity contribution is 4.91. The van der Waals surface area contributed by atoms with Crippen molar-refractivity contribution < 1.29 is 0 Å². The van der Waals surface area contributed by atoms with Crippen LogP contribution in [0.3, 0.4) is 0 Å². The Morgan fingerprint density at radius 1 is 1.54 bits per heavy atom. The third-order valence-electron chi connectivity index (χ3n) is 2.15. The summed E-state index contributed by atoms with van der Waals surface area (Å²) in [5, 5.41) is 11.4. The normalized spacial score (nSPS) is 13.2. The van der Waals surface area contributed by atoms with Gasteiger partial charge in [-0.25, -0.2) is 0 Å². The molecule has 1 aromatic rings. The lowest BCUT2D eigenvalue weighted by molar-refractivity contribution is 0.528. The molecule has 0 aliphatic rings. The van der Waals surface area contributed by atoms with Crippen LogP contribution in [0.1, 0.15) is 32.9 Å². The van der Waals surface area contributed by atoms with E-state index in [9.17, 15) is 0 Å². The van der Waals surface area contributed by atoms with E-state index < -0.39 is 0 Å². The summed E-state index contributed by atoms with van der Waals surface area (Å²) in [5.41, 5.74) is 1.02. The summed E-state index contributed by atoms with van der Waals surface area (Å²) < 4.78 is 1.84. The number of nitrogens with one attached hydrogen (secondary N) is 1. The van der Waals surface area contributed by atoms with E-state index >= 15 is 0 Å². The molecule has 0 fully saturated rings. The minimum absolute atomic E-state index is 0.548. The van der Waals surface area contributed by atoms with Gasteiger partial charge in [0.2, 0.25) is 0 Å². The number of nitrogens with zero attached hydrogens (tertiary/aromatic N) is 3. The molecule has 0 amide bonds. The number of aryl methyl sites for hydroxylation is 1. The largest absolute Gasteiger partial charge is 0.309 e. The highest BCUT2D eigenvalue weighted by atomic mass is 15.4. The molecule has 0 aliphatic carbocycles. The standard InChI is InChI=1S/C9H18N4/c1-4-8(3)10-6-9-7-13(5-2)12-11-9/h7-8,10H,4-6H2,1-3H3. The molecule has 0 radical (unpaired) electrons. The second-order valence-corrected chi connectivity index (χ2v) is 3.26. The highest BCUT2D eigenvalue weighted by Gasteiger charge is 2.01. The van der Waals surface area contributed by atoms with E-state index in [1.165, 1.54) is 0 Å². The van der Waals surface area contributed by atoms with Crippen molar-refractivity contribution in [2.75, 3.05) is 0 Å². The maximum atomic E-state index is 4.04. The summed E-state index contributed by atoms with van der Waals surface area (Å²) >= 11 is 0. The molecule has 1 rings (SSSR count). The zero-order valence-corrected chi connectivity index (χ0v) is 8.62. The number of hydrogen-bond acceptors (Lipinski definition) is 3. The molecule has 0 aliphatic heterocycles. The van der Waals surface area contributed by atoms with Gasteiger partial charge in [0.1, 0.15) is 0 Å². The minimum atomic E-state index is 0.548. The maximum Gasteiger partial charge on any atom is 0.0964 e. The molecule has 13 heavy (non-hydrogen) atoms. The van der Waals surface area contributed by atoms with E-state index in [1.807, 2.05) is 10.9 Å². The Labute approximate surface area is 79.3 Å². The Morgan fingerprint density at radius 2 is 2.31 bits per heavy atom. The van der Waals surface area contributed by atoms with Crippen molar-refractivity contribution in [1.29, 1.82) is 0 Å². The lowest BCUT2D eigenvalue weighted by atomic mass is 10.2. The first kappa shape index (κ1) is 10.2. The molecule has 0 saturated carbocycles. The smallest absolute Gasteiger partial charge is 0.0964 e. The van der Waals surface area contributed by atoms with Crippen molar-refractivity contribution in [2.24, 2.45) is 0 Å². The van der Waals surface area contributed by atoms with Gasteiger partial charge in [0.25, 0.3) is 0 Å². The van der Waals surface area contributed by atoms with E-state index in [4.69, 9.17) is 0 Å². The average molecular weight is 182 g/mol. The highest BCUT2D eigenvalue weighted by Crippen LogP contribution is 1.95. The van der Waals surface area contributed by atoms with Crippen LogP contribution in [0.25, 0.3) is 0 Å². The van der Waals surface area contributed by atoms with Crippen LogP contribution in [-0.2, 0) is 13.1 Å². The molecule has 0 saturated heterocycles. The average Bonchev–Trinajstić information content (AvgIpc) is 2.61. The molecule has 0 spiro atoms. The van der Waals surface area contributed by atoms with Gasteiger partial charge in [-0.2, -0.15) is 0 Å². The fourth-order valence-electron chi connectivity index (χ4n) is 0.997. The zero-order valence-electron chi connectivity index (χ0n) is 8.62. The second-order valence-electron chi connectivity index (χ2n) is 3.26. The molecule has 1 N–H and O–H groups in total. The van der Waals surface area contributed by atoms with Gasteiger partial charge in [-0.3, -0.25) is 4.68 Å². The van der Waals surface area contributed by atoms with Crippen molar-refractivity contribution in [3.8, 4) is 0 Å². The van der Waals surface area contributed by atoms with E-state index in [1.54, 1.807) is 0 Å². The van der Waals surface area contributed by atoms with Crippen LogP contribution in [0.4, 0.5) is 0 Å². The van der Waals surface area contributed by atoms with Crippen LogP contribution in [0, 0.1) is 0 Å². The predicted molar refractivity (Wildman–Crippen MR) is 52.3 cm³/mol. The van der Waals surface area contributed by atoms with Crippen molar-refractivity contribution in [2.45, 2.75) is 46.3 Å². The van der Waals surface area contributed by atoms with E-state index in [0.717, 1.165) is 25.2 Å². The molecule has 1 aromatic heterocycles. The lowest BCUT2D eigenvalue weighted by Crippen LogP contribution is -2.24. The molecule has 1 heterocycles. The molecule has 0 aromatic carbocycles. The van der Waals surface area contributed by atoms with Crippen LogP contribution < -0.4 is 5.32 Å². The summed E-state index contributed by atoms with van der Waals surface area (Å²) in [5.74, 6) is 0. The third kappa shape index (κ3) is 3.14. The first-order chi connectivity index (χ1) is 6.26. The maximum absolute atomic E-state index is 4.04. The van der Waals surface area contributed by atoms with Gasteiger partial charge < -0.3 is 5.32 Å². The Hall–Kier alpha value is -0.900. The summed E-state index contributed by atoms with van der Waals surface area (Å²) in [7, 11) is 0. The van der Waals surface area contributed by atoms with E-state index in [0.29, 0.717) is 6.04 Å². The molecule has 0 bridgehead atoms. The molecule has 4 nitrogen and oxygen atoms in total. The quantitative estimate of drug-likeness (QED) is 0.743. The molecular formula is C9H18N4. The van der Waals surface area contributed by atoms with Crippen LogP contribution in [0.15, 0.2) is 6.20 Å². The zero-order chi connectivity index (χ0) is 9.68. The second kappa shape index (κ2) is 4.97.